The Morgan fingerprint density at radius 2 is 1.79 bits per heavy atom. The fourth-order valence-electron chi connectivity index (χ4n) is 4.02. The number of nitrogens with zero attached hydrogens (tertiary/aromatic N) is 1. The number of fused-ring (bicyclic) bond motifs is 1. The number of methoxy groups -OCH3 is 1. The molecule has 0 aliphatic rings. The van der Waals surface area contributed by atoms with Crippen molar-refractivity contribution < 1.29 is 14.3 Å². The van der Waals surface area contributed by atoms with E-state index in [1.54, 1.807) is 0 Å². The molecule has 0 spiro atoms. The molecule has 0 aliphatic carbocycles. The molecule has 28 heavy (non-hydrogen) atoms. The van der Waals surface area contributed by atoms with Gasteiger partial charge < -0.3 is 14.0 Å². The number of rotatable bonds is 7. The van der Waals surface area contributed by atoms with Crippen LogP contribution in [0.25, 0.3) is 10.9 Å². The van der Waals surface area contributed by atoms with E-state index in [1.807, 2.05) is 54.6 Å². The first-order chi connectivity index (χ1) is 13.3. The molecular formula is C24H29NO3. The largest absolute Gasteiger partial charge is 0.489 e. The number of benzene rings is 2. The molecule has 0 amide bonds. The molecule has 0 unspecified atom stereocenters. The molecule has 1 heterocycles. The molecule has 148 valence electrons. The van der Waals surface area contributed by atoms with Crippen molar-refractivity contribution in [1.82, 2.24) is 4.57 Å². The van der Waals surface area contributed by atoms with E-state index in [4.69, 9.17) is 9.47 Å². The van der Waals surface area contributed by atoms with Crippen LogP contribution in [0, 0.1) is 5.92 Å². The normalized spacial score (nSPS) is 11.8. The SMILES string of the molecule is COC(=O)c1cc2cc(OCc3ccccc3)ccc2n1C(C)(C)CC(C)C. The van der Waals surface area contributed by atoms with E-state index in [2.05, 4.69) is 32.3 Å². The number of esters is 1. The average Bonchev–Trinajstić information content (AvgIpc) is 3.05. The van der Waals surface area contributed by atoms with Crippen molar-refractivity contribution in [2.75, 3.05) is 7.11 Å². The van der Waals surface area contributed by atoms with Crippen molar-refractivity contribution in [1.29, 1.82) is 0 Å². The Morgan fingerprint density at radius 3 is 2.43 bits per heavy atom. The first-order valence-corrected chi connectivity index (χ1v) is 9.73. The van der Waals surface area contributed by atoms with Gasteiger partial charge in [0.05, 0.1) is 7.11 Å². The van der Waals surface area contributed by atoms with Crippen LogP contribution in [0.1, 0.15) is 50.2 Å². The summed E-state index contributed by atoms with van der Waals surface area (Å²) in [6.45, 7) is 9.23. The molecule has 4 heteroatoms. The third-order valence-corrected chi connectivity index (χ3v) is 4.93. The highest BCUT2D eigenvalue weighted by Crippen LogP contribution is 2.34. The molecule has 3 rings (SSSR count). The van der Waals surface area contributed by atoms with Gasteiger partial charge in [0, 0.05) is 16.4 Å². The third kappa shape index (κ3) is 4.22. The summed E-state index contributed by atoms with van der Waals surface area (Å²) in [5.74, 6) is 0.970. The zero-order chi connectivity index (χ0) is 20.3. The van der Waals surface area contributed by atoms with Crippen molar-refractivity contribution in [2.24, 2.45) is 5.92 Å². The van der Waals surface area contributed by atoms with Crippen LogP contribution < -0.4 is 4.74 Å². The number of aromatic nitrogens is 1. The fourth-order valence-corrected chi connectivity index (χ4v) is 4.02. The van der Waals surface area contributed by atoms with Gasteiger partial charge in [0.25, 0.3) is 0 Å². The summed E-state index contributed by atoms with van der Waals surface area (Å²) < 4.78 is 13.1. The lowest BCUT2D eigenvalue weighted by molar-refractivity contribution is 0.0579. The summed E-state index contributed by atoms with van der Waals surface area (Å²) in [6.07, 6.45) is 0.951. The van der Waals surface area contributed by atoms with E-state index in [9.17, 15) is 4.79 Å². The number of hydrogen-bond acceptors (Lipinski definition) is 3. The maximum atomic E-state index is 12.5. The molecule has 0 radical (unpaired) electrons. The molecule has 0 N–H and O–H groups in total. The highest BCUT2D eigenvalue weighted by molar-refractivity contribution is 5.96. The van der Waals surface area contributed by atoms with Crippen molar-refractivity contribution in [3.05, 3.63) is 65.9 Å². The van der Waals surface area contributed by atoms with Crippen molar-refractivity contribution in [3.63, 3.8) is 0 Å². The maximum Gasteiger partial charge on any atom is 0.354 e. The lowest BCUT2D eigenvalue weighted by Gasteiger charge is -2.31. The number of ether oxygens (including phenoxy) is 2. The number of hydrogen-bond donors (Lipinski definition) is 0. The zero-order valence-corrected chi connectivity index (χ0v) is 17.4. The second kappa shape index (κ2) is 8.09. The van der Waals surface area contributed by atoms with E-state index >= 15 is 0 Å². The minimum Gasteiger partial charge on any atom is -0.489 e. The summed E-state index contributed by atoms with van der Waals surface area (Å²) in [4.78, 5) is 12.5. The average molecular weight is 380 g/mol. The molecule has 0 fully saturated rings. The first kappa shape index (κ1) is 20.0. The van der Waals surface area contributed by atoms with Crippen LogP contribution in [0.2, 0.25) is 0 Å². The Labute approximate surface area is 167 Å². The van der Waals surface area contributed by atoms with Gasteiger partial charge in [0.1, 0.15) is 18.1 Å². The minimum atomic E-state index is -0.320. The molecule has 0 atom stereocenters. The first-order valence-electron chi connectivity index (χ1n) is 9.73. The lowest BCUT2D eigenvalue weighted by Crippen LogP contribution is -2.31. The van der Waals surface area contributed by atoms with Crippen LogP contribution in [-0.4, -0.2) is 17.6 Å². The van der Waals surface area contributed by atoms with Crippen LogP contribution in [0.3, 0.4) is 0 Å². The van der Waals surface area contributed by atoms with Gasteiger partial charge in [-0.05, 0) is 56.0 Å². The van der Waals surface area contributed by atoms with Gasteiger partial charge in [-0.3, -0.25) is 0 Å². The molecule has 3 aromatic rings. The summed E-state index contributed by atoms with van der Waals surface area (Å²) in [5, 5.41) is 0.975. The van der Waals surface area contributed by atoms with E-state index in [1.165, 1.54) is 7.11 Å². The Bertz CT molecular complexity index is 955. The highest BCUT2D eigenvalue weighted by Gasteiger charge is 2.29. The second-order valence-electron chi connectivity index (χ2n) is 8.26. The Hall–Kier alpha value is -2.75. The molecule has 1 aromatic heterocycles. The summed E-state index contributed by atoms with van der Waals surface area (Å²) >= 11 is 0. The molecule has 0 bridgehead atoms. The maximum absolute atomic E-state index is 12.5. The quantitative estimate of drug-likeness (QED) is 0.488. The van der Waals surface area contributed by atoms with Gasteiger partial charge in [-0.1, -0.05) is 44.2 Å². The second-order valence-corrected chi connectivity index (χ2v) is 8.26. The predicted molar refractivity (Wildman–Crippen MR) is 113 cm³/mol. The van der Waals surface area contributed by atoms with Crippen LogP contribution in [-0.2, 0) is 16.9 Å². The third-order valence-electron chi connectivity index (χ3n) is 4.93. The summed E-state index contributed by atoms with van der Waals surface area (Å²) in [5.41, 5.74) is 2.49. The molecule has 4 nitrogen and oxygen atoms in total. The van der Waals surface area contributed by atoms with E-state index in [0.29, 0.717) is 18.2 Å². The van der Waals surface area contributed by atoms with Crippen LogP contribution in [0.4, 0.5) is 0 Å². The Balaban J connectivity index is 1.99. The Kier molecular flexibility index (Phi) is 5.78. The number of carbonyl (C=O) groups excluding carboxylic acids is 1. The van der Waals surface area contributed by atoms with Crippen molar-refractivity contribution in [2.45, 2.75) is 46.3 Å². The van der Waals surface area contributed by atoms with Gasteiger partial charge >= 0.3 is 5.97 Å². The lowest BCUT2D eigenvalue weighted by atomic mass is 9.92. The van der Waals surface area contributed by atoms with E-state index < -0.39 is 0 Å². The zero-order valence-electron chi connectivity index (χ0n) is 17.4. The Morgan fingerprint density at radius 1 is 1.07 bits per heavy atom. The molecule has 0 aliphatic heterocycles. The van der Waals surface area contributed by atoms with Gasteiger partial charge in [-0.25, -0.2) is 4.79 Å². The summed E-state index contributed by atoms with van der Waals surface area (Å²) in [7, 11) is 1.42. The highest BCUT2D eigenvalue weighted by atomic mass is 16.5. The van der Waals surface area contributed by atoms with Crippen molar-refractivity contribution in [3.8, 4) is 5.75 Å². The van der Waals surface area contributed by atoms with Crippen molar-refractivity contribution >= 4 is 16.9 Å². The van der Waals surface area contributed by atoms with Crippen LogP contribution >= 0.6 is 0 Å². The topological polar surface area (TPSA) is 40.5 Å². The smallest absolute Gasteiger partial charge is 0.354 e. The van der Waals surface area contributed by atoms with Gasteiger partial charge in [-0.2, -0.15) is 0 Å². The van der Waals surface area contributed by atoms with E-state index in [0.717, 1.165) is 28.6 Å². The van der Waals surface area contributed by atoms with Gasteiger partial charge in [-0.15, -0.1) is 0 Å². The van der Waals surface area contributed by atoms with Gasteiger partial charge in [0.15, 0.2) is 0 Å². The standard InChI is InChI=1S/C24H29NO3/c1-17(2)15-24(3,4)25-21-12-11-20(28-16-18-9-7-6-8-10-18)13-19(21)14-22(25)23(26)27-5/h6-14,17H,15-16H2,1-5H3. The molecule has 0 saturated heterocycles. The van der Waals surface area contributed by atoms with Gasteiger partial charge in [0.2, 0.25) is 0 Å². The molecule has 0 saturated carbocycles. The predicted octanol–water partition coefficient (Wildman–Crippen LogP) is 5.79. The minimum absolute atomic E-state index is 0.216. The fraction of sp³-hybridized carbons (Fsp3) is 0.375. The summed E-state index contributed by atoms with van der Waals surface area (Å²) in [6, 6.07) is 18.0. The molecular weight excluding hydrogens is 350 g/mol. The van der Waals surface area contributed by atoms with E-state index in [-0.39, 0.29) is 11.5 Å². The monoisotopic (exact) mass is 379 g/mol. The molecule has 2 aromatic carbocycles. The van der Waals surface area contributed by atoms with Crippen LogP contribution in [0.5, 0.6) is 5.75 Å². The van der Waals surface area contributed by atoms with Crippen LogP contribution in [0.15, 0.2) is 54.6 Å². The number of carbonyl (C=O) groups is 1.